The fraction of sp³-hybridized carbons (Fsp3) is 0.0741. The fourth-order valence-electron chi connectivity index (χ4n) is 3.61. The molecule has 0 spiro atoms. The Kier molecular flexibility index (Phi) is 6.70. The number of hydrogen-bond donors (Lipinski definition) is 1. The lowest BCUT2D eigenvalue weighted by Gasteiger charge is -2.26. The molecule has 0 aliphatic carbocycles. The van der Waals surface area contributed by atoms with Gasteiger partial charge in [-0.15, -0.1) is 0 Å². The van der Waals surface area contributed by atoms with Gasteiger partial charge in [0, 0.05) is 5.41 Å². The molecule has 0 saturated carbocycles. The lowest BCUT2D eigenvalue weighted by Crippen LogP contribution is -2.38. The third kappa shape index (κ3) is 5.01. The van der Waals surface area contributed by atoms with Crippen LogP contribution in [0.25, 0.3) is 11.8 Å². The minimum absolute atomic E-state index is 0.108. The predicted molar refractivity (Wildman–Crippen MR) is 141 cm³/mol. The largest absolute Gasteiger partial charge is 0.490 e. The predicted octanol–water partition coefficient (Wildman–Crippen LogP) is 6.10. The second-order valence-corrected chi connectivity index (χ2v) is 8.87. The smallest absolute Gasteiger partial charge is 0.283 e. The monoisotopic (exact) mass is 501 g/mol. The van der Waals surface area contributed by atoms with E-state index in [1.165, 1.54) is 11.8 Å². The number of para-hydroxylation sites is 1. The maximum atomic E-state index is 12.7. The SMILES string of the molecule is N=C1C(=Cc2ccc(OCCOc3ccccc3Cl)cc2)C(=O)N=C2SC=C(c3ccccc3)N12. The highest BCUT2D eigenvalue weighted by Crippen LogP contribution is 2.37. The van der Waals surface area contributed by atoms with E-state index in [1.54, 1.807) is 23.1 Å². The van der Waals surface area contributed by atoms with Crippen molar-refractivity contribution in [2.24, 2.45) is 4.99 Å². The summed E-state index contributed by atoms with van der Waals surface area (Å²) in [7, 11) is 0. The fourth-order valence-corrected chi connectivity index (χ4v) is 4.69. The number of amidine groups is 2. The van der Waals surface area contributed by atoms with E-state index in [0.717, 1.165) is 16.8 Å². The molecule has 0 bridgehead atoms. The van der Waals surface area contributed by atoms with Crippen molar-refractivity contribution in [2.75, 3.05) is 13.2 Å². The summed E-state index contributed by atoms with van der Waals surface area (Å²) in [6.07, 6.45) is 1.68. The second-order valence-electron chi connectivity index (χ2n) is 7.62. The number of amides is 1. The molecule has 3 aromatic rings. The van der Waals surface area contributed by atoms with Gasteiger partial charge in [-0.05, 0) is 41.5 Å². The van der Waals surface area contributed by atoms with Crippen LogP contribution in [0.4, 0.5) is 0 Å². The first-order valence-electron chi connectivity index (χ1n) is 10.9. The molecule has 3 aromatic carbocycles. The van der Waals surface area contributed by atoms with Gasteiger partial charge in [-0.2, -0.15) is 4.99 Å². The van der Waals surface area contributed by atoms with E-state index in [1.807, 2.05) is 72.1 Å². The van der Waals surface area contributed by atoms with E-state index in [2.05, 4.69) is 4.99 Å². The summed E-state index contributed by atoms with van der Waals surface area (Å²) in [5.41, 5.74) is 2.80. The number of hydrogen-bond acceptors (Lipinski definition) is 5. The van der Waals surface area contributed by atoms with E-state index < -0.39 is 5.91 Å². The third-order valence-electron chi connectivity index (χ3n) is 5.32. The van der Waals surface area contributed by atoms with Crippen molar-refractivity contribution in [3.8, 4) is 11.5 Å². The number of aliphatic imine (C=N–C) groups is 1. The summed E-state index contributed by atoms with van der Waals surface area (Å²) < 4.78 is 11.4. The normalized spacial score (nSPS) is 16.1. The number of benzene rings is 3. The maximum Gasteiger partial charge on any atom is 0.283 e. The summed E-state index contributed by atoms with van der Waals surface area (Å²) in [5.74, 6) is 0.975. The van der Waals surface area contributed by atoms with E-state index >= 15 is 0 Å². The highest BCUT2D eigenvalue weighted by Gasteiger charge is 2.36. The third-order valence-corrected chi connectivity index (χ3v) is 6.46. The molecule has 0 saturated heterocycles. The van der Waals surface area contributed by atoms with E-state index in [4.69, 9.17) is 26.5 Å². The Labute approximate surface area is 212 Å². The van der Waals surface area contributed by atoms with Crippen LogP contribution >= 0.6 is 23.4 Å². The van der Waals surface area contributed by atoms with Crippen molar-refractivity contribution in [1.29, 1.82) is 5.41 Å². The van der Waals surface area contributed by atoms with Crippen LogP contribution in [0.1, 0.15) is 11.1 Å². The first-order chi connectivity index (χ1) is 17.1. The van der Waals surface area contributed by atoms with Gasteiger partial charge in [-0.1, -0.05) is 78.0 Å². The van der Waals surface area contributed by atoms with Crippen molar-refractivity contribution in [3.05, 3.63) is 106 Å². The van der Waals surface area contributed by atoms with Gasteiger partial charge in [0.25, 0.3) is 5.91 Å². The second kappa shape index (κ2) is 10.2. The minimum Gasteiger partial charge on any atom is -0.490 e. The Bertz CT molecular complexity index is 1370. The molecule has 0 aromatic heterocycles. The lowest BCUT2D eigenvalue weighted by atomic mass is 10.1. The van der Waals surface area contributed by atoms with Crippen molar-refractivity contribution in [3.63, 3.8) is 0 Å². The summed E-state index contributed by atoms with van der Waals surface area (Å²) >= 11 is 7.43. The molecule has 0 atom stereocenters. The summed E-state index contributed by atoms with van der Waals surface area (Å²) in [6.45, 7) is 0.708. The molecule has 2 heterocycles. The van der Waals surface area contributed by atoms with Gasteiger partial charge in [0.1, 0.15) is 30.5 Å². The number of ether oxygens (including phenoxy) is 2. The molecule has 35 heavy (non-hydrogen) atoms. The number of carbonyl (C=O) groups excluding carboxylic acids is 1. The van der Waals surface area contributed by atoms with Crippen LogP contribution in [0.3, 0.4) is 0 Å². The number of rotatable bonds is 7. The molecule has 2 aliphatic rings. The Morgan fingerprint density at radius 2 is 1.66 bits per heavy atom. The minimum atomic E-state index is -0.423. The molecular formula is C27H20ClN3O3S. The van der Waals surface area contributed by atoms with Gasteiger partial charge >= 0.3 is 0 Å². The molecule has 6 nitrogen and oxygen atoms in total. The summed E-state index contributed by atoms with van der Waals surface area (Å²) in [6, 6.07) is 24.4. The van der Waals surface area contributed by atoms with Crippen LogP contribution in [-0.2, 0) is 4.79 Å². The Hall–Kier alpha value is -3.81. The van der Waals surface area contributed by atoms with E-state index in [0.29, 0.717) is 34.9 Å². The van der Waals surface area contributed by atoms with Gasteiger partial charge in [0.15, 0.2) is 5.17 Å². The molecular weight excluding hydrogens is 482 g/mol. The van der Waals surface area contributed by atoms with Crippen LogP contribution < -0.4 is 9.47 Å². The number of fused-ring (bicyclic) bond motifs is 1. The van der Waals surface area contributed by atoms with Crippen molar-refractivity contribution in [1.82, 2.24) is 4.90 Å². The van der Waals surface area contributed by atoms with Crippen LogP contribution in [0.15, 0.2) is 94.8 Å². The highest BCUT2D eigenvalue weighted by atomic mass is 35.5. The molecule has 174 valence electrons. The van der Waals surface area contributed by atoms with Crippen LogP contribution in [-0.4, -0.2) is 35.0 Å². The quantitative estimate of drug-likeness (QED) is 0.312. The number of thioether (sulfide) groups is 1. The maximum absolute atomic E-state index is 12.7. The summed E-state index contributed by atoms with van der Waals surface area (Å²) in [4.78, 5) is 18.6. The Morgan fingerprint density at radius 1 is 0.943 bits per heavy atom. The number of halogens is 1. The van der Waals surface area contributed by atoms with E-state index in [-0.39, 0.29) is 11.4 Å². The van der Waals surface area contributed by atoms with Gasteiger partial charge < -0.3 is 9.47 Å². The Morgan fingerprint density at radius 3 is 2.43 bits per heavy atom. The topological polar surface area (TPSA) is 75.0 Å². The zero-order chi connectivity index (χ0) is 24.2. The molecule has 8 heteroatoms. The molecule has 1 amide bonds. The summed E-state index contributed by atoms with van der Waals surface area (Å²) in [5, 5.41) is 11.7. The Balaban J connectivity index is 1.25. The lowest BCUT2D eigenvalue weighted by molar-refractivity contribution is -0.114. The molecule has 5 rings (SSSR count). The van der Waals surface area contributed by atoms with Crippen molar-refractivity contribution >= 4 is 52.0 Å². The van der Waals surface area contributed by atoms with Crippen LogP contribution in [0.5, 0.6) is 11.5 Å². The number of carbonyl (C=O) groups is 1. The molecule has 2 aliphatic heterocycles. The van der Waals surface area contributed by atoms with Crippen LogP contribution in [0, 0.1) is 5.41 Å². The average Bonchev–Trinajstić information content (AvgIpc) is 3.31. The molecule has 1 N–H and O–H groups in total. The van der Waals surface area contributed by atoms with Gasteiger partial charge in [0.2, 0.25) is 0 Å². The van der Waals surface area contributed by atoms with E-state index in [9.17, 15) is 4.79 Å². The first-order valence-corrected chi connectivity index (χ1v) is 12.1. The zero-order valence-electron chi connectivity index (χ0n) is 18.5. The van der Waals surface area contributed by atoms with Gasteiger partial charge in [-0.25, -0.2) is 0 Å². The highest BCUT2D eigenvalue weighted by molar-refractivity contribution is 8.17. The standard InChI is InChI=1S/C27H20ClN3O3S/c28-22-8-4-5-9-24(22)34-15-14-33-20-12-10-18(11-13-20)16-21-25(29)31-23(19-6-2-1-3-7-19)17-35-27(31)30-26(21)32/h1-13,16-17,29H,14-15H2. The number of nitrogens with zero attached hydrogens (tertiary/aromatic N) is 2. The number of nitrogens with one attached hydrogen (secondary N) is 1. The average molecular weight is 502 g/mol. The molecule has 0 unspecified atom stereocenters. The molecule has 0 radical (unpaired) electrons. The molecule has 0 fully saturated rings. The zero-order valence-corrected chi connectivity index (χ0v) is 20.1. The first kappa shape index (κ1) is 23.0. The van der Waals surface area contributed by atoms with Crippen molar-refractivity contribution < 1.29 is 14.3 Å². The van der Waals surface area contributed by atoms with Crippen molar-refractivity contribution in [2.45, 2.75) is 0 Å². The van der Waals surface area contributed by atoms with Gasteiger partial charge in [-0.3, -0.25) is 15.1 Å². The van der Waals surface area contributed by atoms with Crippen LogP contribution in [0.2, 0.25) is 5.02 Å². The van der Waals surface area contributed by atoms with Gasteiger partial charge in [0.05, 0.1) is 16.3 Å².